The Labute approximate surface area is 159 Å². The Hall–Kier alpha value is -1.91. The zero-order chi connectivity index (χ0) is 18.4. The average Bonchev–Trinajstić information content (AvgIpc) is 2.67. The first kappa shape index (κ1) is 18.9. The van der Waals surface area contributed by atoms with Crippen molar-refractivity contribution < 1.29 is 9.84 Å². The van der Waals surface area contributed by atoms with Crippen molar-refractivity contribution in [2.45, 2.75) is 25.7 Å². The van der Waals surface area contributed by atoms with Crippen LogP contribution in [-0.4, -0.2) is 24.4 Å². The number of rotatable bonds is 8. The van der Waals surface area contributed by atoms with Crippen LogP contribution in [0.25, 0.3) is 10.8 Å². The maximum Gasteiger partial charge on any atom is 0.0898 e. The number of hydrogen-bond acceptors (Lipinski definition) is 3. The Morgan fingerprint density at radius 1 is 1.00 bits per heavy atom. The first-order valence-electron chi connectivity index (χ1n) is 8.85. The predicted octanol–water partition coefficient (Wildman–Crippen LogP) is 4.72. The van der Waals surface area contributed by atoms with Crippen LogP contribution in [0.15, 0.2) is 66.7 Å². The maximum atomic E-state index is 10.1. The molecule has 136 valence electrons. The predicted molar refractivity (Wildman–Crippen MR) is 107 cm³/mol. The van der Waals surface area contributed by atoms with Crippen LogP contribution in [0.5, 0.6) is 0 Å². The normalized spacial score (nSPS) is 13.7. The van der Waals surface area contributed by atoms with Crippen LogP contribution >= 0.6 is 11.6 Å². The number of aliphatic hydroxyl groups is 1. The van der Waals surface area contributed by atoms with Gasteiger partial charge in [0.25, 0.3) is 0 Å². The molecule has 2 N–H and O–H groups in total. The molecule has 4 heteroatoms. The highest BCUT2D eigenvalue weighted by atomic mass is 35.5. The average molecular weight is 370 g/mol. The molecule has 3 rings (SSSR count). The van der Waals surface area contributed by atoms with E-state index in [0.29, 0.717) is 18.2 Å². The molecule has 3 nitrogen and oxygen atoms in total. The first-order chi connectivity index (χ1) is 12.6. The van der Waals surface area contributed by atoms with Crippen LogP contribution in [0.3, 0.4) is 0 Å². The van der Waals surface area contributed by atoms with Gasteiger partial charge in [-0.2, -0.15) is 0 Å². The van der Waals surface area contributed by atoms with Gasteiger partial charge in [-0.25, -0.2) is 0 Å². The zero-order valence-electron chi connectivity index (χ0n) is 14.9. The van der Waals surface area contributed by atoms with E-state index in [4.69, 9.17) is 16.3 Å². The van der Waals surface area contributed by atoms with E-state index in [-0.39, 0.29) is 12.6 Å². The third kappa shape index (κ3) is 5.05. The SMILES string of the molecule is C[C@@H](NC[C@@H](O)COCc1ccccc1Cl)c1ccc2ccccc2c1. The number of aliphatic hydroxyl groups excluding tert-OH is 1. The van der Waals surface area contributed by atoms with Gasteiger partial charge in [0.1, 0.15) is 0 Å². The van der Waals surface area contributed by atoms with Gasteiger partial charge >= 0.3 is 0 Å². The van der Waals surface area contributed by atoms with Crippen LogP contribution in [-0.2, 0) is 11.3 Å². The second-order valence-electron chi connectivity index (χ2n) is 6.50. The van der Waals surface area contributed by atoms with Gasteiger partial charge in [0.15, 0.2) is 0 Å². The molecule has 3 aromatic carbocycles. The molecule has 0 spiro atoms. The molecule has 0 aliphatic rings. The van der Waals surface area contributed by atoms with E-state index in [1.807, 2.05) is 36.4 Å². The Morgan fingerprint density at radius 3 is 2.54 bits per heavy atom. The maximum absolute atomic E-state index is 10.1. The molecular formula is C22H24ClNO2. The van der Waals surface area contributed by atoms with E-state index in [1.165, 1.54) is 16.3 Å². The van der Waals surface area contributed by atoms with Gasteiger partial charge in [-0.05, 0) is 41.0 Å². The molecule has 0 aromatic heterocycles. The number of halogens is 1. The van der Waals surface area contributed by atoms with E-state index >= 15 is 0 Å². The molecule has 0 unspecified atom stereocenters. The Bertz CT molecular complexity index is 852. The van der Waals surface area contributed by atoms with Crippen LogP contribution in [0.4, 0.5) is 0 Å². The molecule has 0 aliphatic carbocycles. The summed E-state index contributed by atoms with van der Waals surface area (Å²) >= 11 is 6.10. The van der Waals surface area contributed by atoms with Crippen LogP contribution in [0.2, 0.25) is 5.02 Å². The minimum Gasteiger partial charge on any atom is -0.389 e. The largest absolute Gasteiger partial charge is 0.389 e. The van der Waals surface area contributed by atoms with E-state index < -0.39 is 6.10 Å². The molecular weight excluding hydrogens is 346 g/mol. The number of nitrogens with one attached hydrogen (secondary N) is 1. The zero-order valence-corrected chi connectivity index (χ0v) is 15.6. The monoisotopic (exact) mass is 369 g/mol. The molecule has 0 bridgehead atoms. The third-order valence-corrected chi connectivity index (χ3v) is 4.83. The van der Waals surface area contributed by atoms with Gasteiger partial charge in [0.05, 0.1) is 19.3 Å². The fourth-order valence-electron chi connectivity index (χ4n) is 2.89. The van der Waals surface area contributed by atoms with Crippen molar-refractivity contribution in [3.05, 3.63) is 82.9 Å². The summed E-state index contributed by atoms with van der Waals surface area (Å²) < 4.78 is 5.58. The van der Waals surface area contributed by atoms with Gasteiger partial charge < -0.3 is 15.2 Å². The fourth-order valence-corrected chi connectivity index (χ4v) is 3.08. The van der Waals surface area contributed by atoms with E-state index in [0.717, 1.165) is 5.56 Å². The second kappa shape index (κ2) is 9.15. The lowest BCUT2D eigenvalue weighted by Crippen LogP contribution is -2.32. The first-order valence-corrected chi connectivity index (χ1v) is 9.22. The second-order valence-corrected chi connectivity index (χ2v) is 6.90. The molecule has 2 atom stereocenters. The summed E-state index contributed by atoms with van der Waals surface area (Å²) in [5.74, 6) is 0. The van der Waals surface area contributed by atoms with Gasteiger partial charge in [-0.1, -0.05) is 66.2 Å². The minimum atomic E-state index is -0.569. The number of ether oxygens (including phenoxy) is 1. The van der Waals surface area contributed by atoms with Gasteiger partial charge in [-0.3, -0.25) is 0 Å². The van der Waals surface area contributed by atoms with Crippen molar-refractivity contribution in [3.8, 4) is 0 Å². The molecule has 0 aliphatic heterocycles. The highest BCUT2D eigenvalue weighted by molar-refractivity contribution is 6.31. The molecule has 0 radical (unpaired) electrons. The molecule has 3 aromatic rings. The molecule has 0 saturated carbocycles. The number of hydrogen-bond donors (Lipinski definition) is 2. The van der Waals surface area contributed by atoms with Crippen LogP contribution in [0, 0.1) is 0 Å². The van der Waals surface area contributed by atoms with Crippen molar-refractivity contribution in [1.29, 1.82) is 0 Å². The van der Waals surface area contributed by atoms with E-state index in [9.17, 15) is 5.11 Å². The van der Waals surface area contributed by atoms with Crippen LogP contribution in [0.1, 0.15) is 24.1 Å². The topological polar surface area (TPSA) is 41.5 Å². The highest BCUT2D eigenvalue weighted by Crippen LogP contribution is 2.20. The van der Waals surface area contributed by atoms with E-state index in [1.54, 1.807) is 0 Å². The van der Waals surface area contributed by atoms with Crippen LogP contribution < -0.4 is 5.32 Å². The molecule has 0 fully saturated rings. The molecule has 0 heterocycles. The highest BCUT2D eigenvalue weighted by Gasteiger charge is 2.10. The number of benzene rings is 3. The van der Waals surface area contributed by atoms with E-state index in [2.05, 4.69) is 42.6 Å². The summed E-state index contributed by atoms with van der Waals surface area (Å²) in [6.45, 7) is 3.23. The smallest absolute Gasteiger partial charge is 0.0898 e. The summed E-state index contributed by atoms with van der Waals surface area (Å²) in [4.78, 5) is 0. The summed E-state index contributed by atoms with van der Waals surface area (Å²) in [6.07, 6.45) is -0.569. The van der Waals surface area contributed by atoms with Crippen molar-refractivity contribution in [2.75, 3.05) is 13.2 Å². The van der Waals surface area contributed by atoms with Crippen molar-refractivity contribution >= 4 is 22.4 Å². The molecule has 0 amide bonds. The lowest BCUT2D eigenvalue weighted by molar-refractivity contribution is 0.0278. The number of fused-ring (bicyclic) bond motifs is 1. The Kier molecular flexibility index (Phi) is 6.64. The summed E-state index contributed by atoms with van der Waals surface area (Å²) in [5.41, 5.74) is 2.13. The molecule has 26 heavy (non-hydrogen) atoms. The quantitative estimate of drug-likeness (QED) is 0.603. The molecule has 0 saturated heterocycles. The lowest BCUT2D eigenvalue weighted by Gasteiger charge is -2.18. The Balaban J connectivity index is 1.45. The van der Waals surface area contributed by atoms with Crippen molar-refractivity contribution in [2.24, 2.45) is 0 Å². The summed E-state index contributed by atoms with van der Waals surface area (Å²) in [7, 11) is 0. The summed E-state index contributed by atoms with van der Waals surface area (Å²) in [5, 5.41) is 16.7. The van der Waals surface area contributed by atoms with Gasteiger partial charge in [-0.15, -0.1) is 0 Å². The minimum absolute atomic E-state index is 0.151. The van der Waals surface area contributed by atoms with Gasteiger partial charge in [0, 0.05) is 17.6 Å². The standard InChI is InChI=1S/C22H24ClNO2/c1-16(18-11-10-17-6-2-3-7-19(17)12-18)24-13-21(25)15-26-14-20-8-4-5-9-22(20)23/h2-12,16,21,24-25H,13-15H2,1H3/t16-,21-/m1/s1. The fraction of sp³-hybridized carbons (Fsp3) is 0.273. The lowest BCUT2D eigenvalue weighted by atomic mass is 10.0. The Morgan fingerprint density at radius 2 is 1.73 bits per heavy atom. The third-order valence-electron chi connectivity index (χ3n) is 4.46. The van der Waals surface area contributed by atoms with Crippen molar-refractivity contribution in [3.63, 3.8) is 0 Å². The summed E-state index contributed by atoms with van der Waals surface area (Å²) in [6, 6.07) is 22.5. The van der Waals surface area contributed by atoms with Gasteiger partial charge in [0.2, 0.25) is 0 Å². The van der Waals surface area contributed by atoms with Crippen molar-refractivity contribution in [1.82, 2.24) is 5.32 Å².